The molecule has 0 spiro atoms. The normalized spacial score (nSPS) is 10.3. The zero-order valence-electron chi connectivity index (χ0n) is 5.90. The quantitative estimate of drug-likeness (QED) is 0.646. The van der Waals surface area contributed by atoms with Gasteiger partial charge in [0.15, 0.2) is 5.52 Å². The van der Waals surface area contributed by atoms with Gasteiger partial charge in [-0.25, -0.2) is 9.61 Å². The number of anilines is 1. The van der Waals surface area contributed by atoms with Gasteiger partial charge in [-0.1, -0.05) is 0 Å². The van der Waals surface area contributed by atoms with Crippen LogP contribution in [0.5, 0.6) is 0 Å². The SMILES string of the molecule is CNc1cnc2nonc2c1. The predicted octanol–water partition coefficient (Wildman–Crippen LogP) is 0.659. The fourth-order valence-electron chi connectivity index (χ4n) is 0.823. The van der Waals surface area contributed by atoms with Crippen molar-refractivity contribution in [2.75, 3.05) is 12.4 Å². The summed E-state index contributed by atoms with van der Waals surface area (Å²) < 4.78 is 4.47. The zero-order valence-corrected chi connectivity index (χ0v) is 5.90. The van der Waals surface area contributed by atoms with E-state index in [2.05, 4.69) is 25.2 Å². The Labute approximate surface area is 62.4 Å². The van der Waals surface area contributed by atoms with Crippen LogP contribution in [0.25, 0.3) is 11.2 Å². The van der Waals surface area contributed by atoms with E-state index in [-0.39, 0.29) is 0 Å². The Bertz CT molecular complexity index is 369. The molecule has 0 atom stereocenters. The molecule has 5 nitrogen and oxygen atoms in total. The third-order valence-electron chi connectivity index (χ3n) is 1.40. The maximum atomic E-state index is 4.47. The molecule has 0 unspecified atom stereocenters. The van der Waals surface area contributed by atoms with Gasteiger partial charge in [-0.3, -0.25) is 0 Å². The van der Waals surface area contributed by atoms with Gasteiger partial charge in [-0.2, -0.15) is 0 Å². The van der Waals surface area contributed by atoms with Gasteiger partial charge in [0.1, 0.15) is 0 Å². The highest BCUT2D eigenvalue weighted by atomic mass is 16.6. The monoisotopic (exact) mass is 150 g/mol. The molecule has 5 heteroatoms. The highest BCUT2D eigenvalue weighted by Gasteiger charge is 2.00. The lowest BCUT2D eigenvalue weighted by Crippen LogP contribution is -1.88. The number of nitrogens with one attached hydrogen (secondary N) is 1. The Balaban J connectivity index is 2.67. The van der Waals surface area contributed by atoms with Crippen LogP contribution in [0, 0.1) is 0 Å². The van der Waals surface area contributed by atoms with Crippen molar-refractivity contribution in [1.29, 1.82) is 0 Å². The van der Waals surface area contributed by atoms with Crippen LogP contribution in [0.15, 0.2) is 16.9 Å². The van der Waals surface area contributed by atoms with Crippen LogP contribution in [-0.2, 0) is 0 Å². The molecular weight excluding hydrogens is 144 g/mol. The first-order valence-corrected chi connectivity index (χ1v) is 3.16. The maximum absolute atomic E-state index is 4.47. The molecule has 0 aliphatic rings. The number of nitrogens with zero attached hydrogens (tertiary/aromatic N) is 3. The largest absolute Gasteiger partial charge is 0.387 e. The molecule has 0 aliphatic heterocycles. The highest BCUT2D eigenvalue weighted by Crippen LogP contribution is 2.10. The summed E-state index contributed by atoms with van der Waals surface area (Å²) in [6, 6.07) is 1.82. The molecule has 0 amide bonds. The van der Waals surface area contributed by atoms with E-state index in [0.29, 0.717) is 11.2 Å². The standard InChI is InChI=1S/C6H6N4O/c1-7-4-2-5-6(8-3-4)10-11-9-5/h2-3,7H,1H3. The minimum absolute atomic E-state index is 0.531. The van der Waals surface area contributed by atoms with Crippen LogP contribution in [0.3, 0.4) is 0 Å². The summed E-state index contributed by atoms with van der Waals surface area (Å²) in [6.45, 7) is 0. The van der Waals surface area contributed by atoms with Crippen LogP contribution in [0.2, 0.25) is 0 Å². The van der Waals surface area contributed by atoms with Crippen molar-refractivity contribution in [3.63, 3.8) is 0 Å². The second kappa shape index (κ2) is 2.19. The van der Waals surface area contributed by atoms with Crippen molar-refractivity contribution in [3.05, 3.63) is 12.3 Å². The molecule has 11 heavy (non-hydrogen) atoms. The first-order chi connectivity index (χ1) is 5.40. The summed E-state index contributed by atoms with van der Waals surface area (Å²) in [5.74, 6) is 0. The number of hydrogen-bond acceptors (Lipinski definition) is 5. The molecule has 0 bridgehead atoms. The van der Waals surface area contributed by atoms with Gasteiger partial charge in [-0.05, 0) is 16.4 Å². The van der Waals surface area contributed by atoms with Crippen LogP contribution >= 0.6 is 0 Å². The smallest absolute Gasteiger partial charge is 0.224 e. The topological polar surface area (TPSA) is 63.8 Å². The van der Waals surface area contributed by atoms with E-state index in [1.54, 1.807) is 6.20 Å². The lowest BCUT2D eigenvalue weighted by Gasteiger charge is -1.94. The van der Waals surface area contributed by atoms with E-state index >= 15 is 0 Å². The fraction of sp³-hybridized carbons (Fsp3) is 0.167. The summed E-state index contributed by atoms with van der Waals surface area (Å²) in [7, 11) is 1.82. The minimum Gasteiger partial charge on any atom is -0.387 e. The van der Waals surface area contributed by atoms with Crippen molar-refractivity contribution in [2.24, 2.45) is 0 Å². The maximum Gasteiger partial charge on any atom is 0.224 e. The molecule has 2 aromatic heterocycles. The van der Waals surface area contributed by atoms with Crippen LogP contribution in [-0.4, -0.2) is 22.3 Å². The summed E-state index contributed by atoms with van der Waals surface area (Å²) >= 11 is 0. The van der Waals surface area contributed by atoms with Crippen LogP contribution < -0.4 is 5.32 Å². The van der Waals surface area contributed by atoms with E-state index in [1.165, 1.54) is 0 Å². The molecule has 2 heterocycles. The zero-order chi connectivity index (χ0) is 7.68. The average Bonchev–Trinajstić information content (AvgIpc) is 2.50. The average molecular weight is 150 g/mol. The predicted molar refractivity (Wildman–Crippen MR) is 39.1 cm³/mol. The van der Waals surface area contributed by atoms with Gasteiger partial charge >= 0.3 is 0 Å². The number of hydrogen-bond donors (Lipinski definition) is 1. The molecule has 0 aliphatic carbocycles. The van der Waals surface area contributed by atoms with Gasteiger partial charge in [-0.15, -0.1) is 0 Å². The minimum atomic E-state index is 0.531. The highest BCUT2D eigenvalue weighted by molar-refractivity contribution is 5.72. The lowest BCUT2D eigenvalue weighted by molar-refractivity contribution is 0.315. The Morgan fingerprint density at radius 1 is 1.45 bits per heavy atom. The third kappa shape index (κ3) is 0.899. The second-order valence-corrected chi connectivity index (χ2v) is 2.08. The van der Waals surface area contributed by atoms with Crippen LogP contribution in [0.1, 0.15) is 0 Å². The molecule has 0 saturated carbocycles. The van der Waals surface area contributed by atoms with Crippen molar-refractivity contribution in [3.8, 4) is 0 Å². The van der Waals surface area contributed by atoms with Crippen molar-refractivity contribution < 1.29 is 4.63 Å². The molecule has 2 rings (SSSR count). The lowest BCUT2D eigenvalue weighted by atomic mass is 10.4. The molecule has 56 valence electrons. The summed E-state index contributed by atoms with van der Waals surface area (Å²) in [5, 5.41) is 10.1. The molecule has 0 radical (unpaired) electrons. The summed E-state index contributed by atoms with van der Waals surface area (Å²) in [4.78, 5) is 3.98. The first-order valence-electron chi connectivity index (χ1n) is 3.16. The number of aromatic nitrogens is 3. The first kappa shape index (κ1) is 6.09. The van der Waals surface area contributed by atoms with Gasteiger partial charge in [0.05, 0.1) is 11.9 Å². The third-order valence-corrected chi connectivity index (χ3v) is 1.40. The molecule has 1 N–H and O–H groups in total. The van der Waals surface area contributed by atoms with Gasteiger partial charge in [0, 0.05) is 7.05 Å². The number of rotatable bonds is 1. The second-order valence-electron chi connectivity index (χ2n) is 2.08. The Kier molecular flexibility index (Phi) is 1.21. The molecule has 0 aromatic carbocycles. The van der Waals surface area contributed by atoms with E-state index in [9.17, 15) is 0 Å². The number of fused-ring (bicyclic) bond motifs is 1. The number of pyridine rings is 1. The van der Waals surface area contributed by atoms with E-state index in [4.69, 9.17) is 0 Å². The Hall–Kier alpha value is -1.65. The fourth-order valence-corrected chi connectivity index (χ4v) is 0.823. The summed E-state index contributed by atoms with van der Waals surface area (Å²) in [6.07, 6.45) is 1.67. The van der Waals surface area contributed by atoms with Gasteiger partial charge in [0.25, 0.3) is 0 Å². The van der Waals surface area contributed by atoms with Crippen molar-refractivity contribution in [2.45, 2.75) is 0 Å². The molecule has 0 saturated heterocycles. The van der Waals surface area contributed by atoms with Crippen molar-refractivity contribution in [1.82, 2.24) is 15.3 Å². The summed E-state index contributed by atoms with van der Waals surface area (Å²) in [5.41, 5.74) is 2.09. The van der Waals surface area contributed by atoms with E-state index < -0.39 is 0 Å². The van der Waals surface area contributed by atoms with Crippen LogP contribution in [0.4, 0.5) is 5.69 Å². The van der Waals surface area contributed by atoms with E-state index in [1.807, 2.05) is 13.1 Å². The Morgan fingerprint density at radius 3 is 3.18 bits per heavy atom. The van der Waals surface area contributed by atoms with Gasteiger partial charge < -0.3 is 5.32 Å². The van der Waals surface area contributed by atoms with Gasteiger partial charge in [0.2, 0.25) is 5.65 Å². The molecular formula is C6H6N4O. The van der Waals surface area contributed by atoms with Crippen molar-refractivity contribution >= 4 is 16.9 Å². The Morgan fingerprint density at radius 2 is 2.36 bits per heavy atom. The molecule has 2 aromatic rings. The molecule has 0 fully saturated rings. The van der Waals surface area contributed by atoms with E-state index in [0.717, 1.165) is 5.69 Å².